The maximum atomic E-state index is 10.9. The number of carbonyl (C=O) groups is 1. The van der Waals surface area contributed by atoms with Gasteiger partial charge < -0.3 is 9.84 Å². The number of fused-ring (bicyclic) bond motifs is 1. The highest BCUT2D eigenvalue weighted by Gasteiger charge is 2.38. The Morgan fingerprint density at radius 1 is 1.04 bits per heavy atom. The fourth-order valence-corrected chi connectivity index (χ4v) is 5.09. The van der Waals surface area contributed by atoms with Gasteiger partial charge in [0.2, 0.25) is 0 Å². The summed E-state index contributed by atoms with van der Waals surface area (Å²) in [7, 11) is 0. The molecule has 0 unspecified atom stereocenters. The van der Waals surface area contributed by atoms with E-state index in [4.69, 9.17) is 9.84 Å². The van der Waals surface area contributed by atoms with Gasteiger partial charge in [0.1, 0.15) is 11.5 Å². The van der Waals surface area contributed by atoms with Gasteiger partial charge in [-0.15, -0.1) is 11.8 Å². The number of benzene rings is 2. The zero-order chi connectivity index (χ0) is 17.5. The first-order chi connectivity index (χ1) is 11.2. The lowest BCUT2D eigenvalue weighted by Crippen LogP contribution is -2.33. The van der Waals surface area contributed by atoms with Gasteiger partial charge in [-0.25, -0.2) is 4.79 Å². The number of carboxylic acids is 1. The van der Waals surface area contributed by atoms with Crippen molar-refractivity contribution in [2.24, 2.45) is 0 Å². The monoisotopic (exact) mass is 342 g/mol. The van der Waals surface area contributed by atoms with Crippen molar-refractivity contribution in [2.75, 3.05) is 0 Å². The van der Waals surface area contributed by atoms with Crippen molar-refractivity contribution < 1.29 is 14.6 Å². The summed E-state index contributed by atoms with van der Waals surface area (Å²) in [6.45, 7) is 9.13. The molecule has 2 aromatic carbocycles. The molecule has 0 aliphatic carbocycles. The van der Waals surface area contributed by atoms with Crippen LogP contribution >= 0.6 is 11.8 Å². The van der Waals surface area contributed by atoms with Crippen molar-refractivity contribution in [3.63, 3.8) is 0 Å². The molecule has 0 spiro atoms. The zero-order valence-corrected chi connectivity index (χ0v) is 15.2. The van der Waals surface area contributed by atoms with Crippen molar-refractivity contribution in [3.05, 3.63) is 53.6 Å². The highest BCUT2D eigenvalue weighted by Crippen LogP contribution is 2.51. The molecule has 0 amide bonds. The SMILES string of the molecule is CC1(C)CC(C)(C)c2cc(Oc3ccc(C(=O)O)cc3)ccc2S1. The van der Waals surface area contributed by atoms with Crippen LogP contribution in [0.25, 0.3) is 0 Å². The van der Waals surface area contributed by atoms with Gasteiger partial charge in [-0.2, -0.15) is 0 Å². The largest absolute Gasteiger partial charge is 0.478 e. The maximum absolute atomic E-state index is 10.9. The minimum Gasteiger partial charge on any atom is -0.478 e. The van der Waals surface area contributed by atoms with Crippen molar-refractivity contribution in [1.82, 2.24) is 0 Å². The van der Waals surface area contributed by atoms with Crippen molar-refractivity contribution in [3.8, 4) is 11.5 Å². The maximum Gasteiger partial charge on any atom is 0.335 e. The summed E-state index contributed by atoms with van der Waals surface area (Å²) < 4.78 is 6.15. The summed E-state index contributed by atoms with van der Waals surface area (Å²) in [5.41, 5.74) is 1.66. The van der Waals surface area contributed by atoms with Crippen LogP contribution in [0, 0.1) is 0 Å². The van der Waals surface area contributed by atoms with Crippen molar-refractivity contribution in [1.29, 1.82) is 0 Å². The van der Waals surface area contributed by atoms with Crippen LogP contribution in [0.1, 0.15) is 50.0 Å². The molecule has 0 saturated carbocycles. The Balaban J connectivity index is 1.88. The van der Waals surface area contributed by atoms with Gasteiger partial charge in [0.15, 0.2) is 0 Å². The molecule has 1 aliphatic heterocycles. The molecule has 0 aromatic heterocycles. The Bertz CT molecular complexity index is 776. The van der Waals surface area contributed by atoms with Crippen molar-refractivity contribution >= 4 is 17.7 Å². The summed E-state index contributed by atoms with van der Waals surface area (Å²) in [6, 6.07) is 12.7. The fraction of sp³-hybridized carbons (Fsp3) is 0.350. The van der Waals surface area contributed by atoms with Crippen LogP contribution in [-0.4, -0.2) is 15.8 Å². The van der Waals surface area contributed by atoms with Gasteiger partial charge in [0, 0.05) is 9.64 Å². The molecular formula is C20H22O3S. The molecule has 1 heterocycles. The molecule has 0 atom stereocenters. The number of aromatic carboxylic acids is 1. The minimum absolute atomic E-state index is 0.0939. The van der Waals surface area contributed by atoms with Crippen molar-refractivity contribution in [2.45, 2.75) is 49.2 Å². The van der Waals surface area contributed by atoms with Crippen LogP contribution in [0.2, 0.25) is 0 Å². The number of hydrogen-bond acceptors (Lipinski definition) is 3. The lowest BCUT2D eigenvalue weighted by Gasteiger charge is -2.41. The Morgan fingerprint density at radius 3 is 2.29 bits per heavy atom. The second kappa shape index (κ2) is 5.85. The summed E-state index contributed by atoms with van der Waals surface area (Å²) >= 11 is 1.92. The summed E-state index contributed by atoms with van der Waals surface area (Å²) in [4.78, 5) is 12.2. The van der Waals surface area contributed by atoms with Gasteiger partial charge in [0.05, 0.1) is 5.56 Å². The molecule has 2 aromatic rings. The zero-order valence-electron chi connectivity index (χ0n) is 14.4. The van der Waals surface area contributed by atoms with Crippen LogP contribution in [0.15, 0.2) is 47.4 Å². The molecule has 0 radical (unpaired) electrons. The summed E-state index contributed by atoms with van der Waals surface area (Å²) in [5, 5.41) is 8.95. The van der Waals surface area contributed by atoms with E-state index < -0.39 is 5.97 Å². The molecule has 1 aliphatic rings. The number of ether oxygens (including phenoxy) is 1. The first kappa shape index (κ1) is 16.9. The van der Waals surface area contributed by atoms with Gasteiger partial charge >= 0.3 is 5.97 Å². The molecular weight excluding hydrogens is 320 g/mol. The smallest absolute Gasteiger partial charge is 0.335 e. The van der Waals surface area contributed by atoms with E-state index in [1.54, 1.807) is 24.3 Å². The van der Waals surface area contributed by atoms with E-state index in [-0.39, 0.29) is 15.7 Å². The molecule has 4 heteroatoms. The van der Waals surface area contributed by atoms with E-state index in [9.17, 15) is 4.79 Å². The first-order valence-corrected chi connectivity index (χ1v) is 8.83. The Kier molecular flexibility index (Phi) is 4.12. The van der Waals surface area contributed by atoms with E-state index in [2.05, 4.69) is 39.8 Å². The van der Waals surface area contributed by atoms with Crippen LogP contribution in [0.3, 0.4) is 0 Å². The third kappa shape index (κ3) is 3.44. The van der Waals surface area contributed by atoms with Crippen LogP contribution in [-0.2, 0) is 5.41 Å². The van der Waals surface area contributed by atoms with Gasteiger partial charge in [-0.1, -0.05) is 27.7 Å². The van der Waals surface area contributed by atoms with Gasteiger partial charge in [-0.3, -0.25) is 0 Å². The molecule has 3 nitrogen and oxygen atoms in total. The molecule has 126 valence electrons. The molecule has 0 saturated heterocycles. The second-order valence-electron chi connectivity index (χ2n) is 7.51. The van der Waals surface area contributed by atoms with E-state index in [0.717, 1.165) is 12.2 Å². The quantitative estimate of drug-likeness (QED) is 0.774. The topological polar surface area (TPSA) is 46.5 Å². The number of hydrogen-bond donors (Lipinski definition) is 1. The molecule has 3 rings (SSSR count). The predicted molar refractivity (Wildman–Crippen MR) is 97.5 cm³/mol. The molecule has 24 heavy (non-hydrogen) atoms. The molecule has 0 fully saturated rings. The van der Waals surface area contributed by atoms with E-state index in [0.29, 0.717) is 5.75 Å². The van der Waals surface area contributed by atoms with Crippen LogP contribution in [0.5, 0.6) is 11.5 Å². The number of carboxylic acid groups (broad SMARTS) is 1. The molecule has 0 bridgehead atoms. The average Bonchev–Trinajstić information content (AvgIpc) is 2.47. The second-order valence-corrected chi connectivity index (χ2v) is 9.26. The minimum atomic E-state index is -0.934. The molecule has 1 N–H and O–H groups in total. The number of thioether (sulfide) groups is 1. The van der Waals surface area contributed by atoms with E-state index in [1.165, 1.54) is 10.5 Å². The third-order valence-corrected chi connectivity index (χ3v) is 5.54. The lowest BCUT2D eigenvalue weighted by molar-refractivity contribution is 0.0697. The Labute approximate surface area is 147 Å². The van der Waals surface area contributed by atoms with Gasteiger partial charge in [0.25, 0.3) is 0 Å². The van der Waals surface area contributed by atoms with E-state index >= 15 is 0 Å². The fourth-order valence-electron chi connectivity index (χ4n) is 3.49. The highest BCUT2D eigenvalue weighted by atomic mass is 32.2. The van der Waals surface area contributed by atoms with Gasteiger partial charge in [-0.05, 0) is 59.9 Å². The summed E-state index contributed by atoms with van der Waals surface area (Å²) in [6.07, 6.45) is 1.11. The highest BCUT2D eigenvalue weighted by molar-refractivity contribution is 8.00. The lowest BCUT2D eigenvalue weighted by atomic mass is 9.77. The normalized spacial score (nSPS) is 17.8. The van der Waals surface area contributed by atoms with Crippen LogP contribution < -0.4 is 4.74 Å². The van der Waals surface area contributed by atoms with Crippen LogP contribution in [0.4, 0.5) is 0 Å². The Morgan fingerprint density at radius 2 is 1.67 bits per heavy atom. The van der Waals surface area contributed by atoms with E-state index in [1.807, 2.05) is 17.8 Å². The standard InChI is InChI=1S/C20H22O3S/c1-19(2)12-20(3,4)24-17-10-9-15(11-16(17)19)23-14-7-5-13(6-8-14)18(21)22/h5-11H,12H2,1-4H3,(H,21,22). The third-order valence-electron chi connectivity index (χ3n) is 4.27. The predicted octanol–water partition coefficient (Wildman–Crippen LogP) is 5.73. The number of rotatable bonds is 3. The Hall–Kier alpha value is -1.94. The summed E-state index contributed by atoms with van der Waals surface area (Å²) in [5.74, 6) is 0.489. The average molecular weight is 342 g/mol. The first-order valence-electron chi connectivity index (χ1n) is 8.01.